The molecule has 21 heavy (non-hydrogen) atoms. The summed E-state index contributed by atoms with van der Waals surface area (Å²) in [6, 6.07) is 1.86. The van der Waals surface area contributed by atoms with E-state index in [1.165, 1.54) is 0 Å². The molecule has 0 spiro atoms. The average Bonchev–Trinajstić information content (AvgIpc) is 2.90. The molecule has 1 unspecified atom stereocenters. The zero-order chi connectivity index (χ0) is 15.6. The first kappa shape index (κ1) is 16.3. The molecule has 1 aliphatic heterocycles. The smallest absolute Gasteiger partial charge is 0.338 e. The highest BCUT2D eigenvalue weighted by Gasteiger charge is 2.22. The number of carbonyl (C=O) groups is 1. The summed E-state index contributed by atoms with van der Waals surface area (Å²) in [6.07, 6.45) is 1.50. The molecule has 2 N–H and O–H groups in total. The van der Waals surface area contributed by atoms with Crippen LogP contribution in [0.2, 0.25) is 0 Å². The number of sulfonamides is 1. The summed E-state index contributed by atoms with van der Waals surface area (Å²) in [6.45, 7) is 0.659. The second-order valence-corrected chi connectivity index (χ2v) is 6.87. The maximum absolute atomic E-state index is 13.7. The van der Waals surface area contributed by atoms with Gasteiger partial charge in [0.25, 0.3) is 0 Å². The van der Waals surface area contributed by atoms with Gasteiger partial charge in [-0.15, -0.1) is 0 Å². The van der Waals surface area contributed by atoms with E-state index >= 15 is 0 Å². The van der Waals surface area contributed by atoms with Crippen LogP contribution in [0.3, 0.4) is 0 Å². The monoisotopic (exact) mass is 381 g/mol. The van der Waals surface area contributed by atoms with E-state index < -0.39 is 26.7 Å². The number of esters is 1. The lowest BCUT2D eigenvalue weighted by Crippen LogP contribution is -2.19. The van der Waals surface area contributed by atoms with Crippen LogP contribution in [0, 0.1) is 5.82 Å². The summed E-state index contributed by atoms with van der Waals surface area (Å²) in [4.78, 5) is 11.3. The fourth-order valence-corrected chi connectivity index (χ4v) is 3.46. The van der Waals surface area contributed by atoms with Gasteiger partial charge >= 0.3 is 5.97 Å². The number of hydrogen-bond donors (Lipinski definition) is 1. The Morgan fingerprint density at radius 3 is 2.81 bits per heavy atom. The van der Waals surface area contributed by atoms with E-state index in [1.807, 2.05) is 0 Å². The van der Waals surface area contributed by atoms with E-state index in [1.54, 1.807) is 0 Å². The van der Waals surface area contributed by atoms with Gasteiger partial charge in [-0.25, -0.2) is 22.7 Å². The minimum Gasteiger partial charge on any atom is -0.459 e. The third-order valence-electron chi connectivity index (χ3n) is 2.96. The summed E-state index contributed by atoms with van der Waals surface area (Å²) < 4.78 is 46.3. The predicted molar refractivity (Wildman–Crippen MR) is 74.7 cm³/mol. The van der Waals surface area contributed by atoms with Crippen molar-refractivity contribution in [2.75, 3.05) is 13.2 Å². The molecule has 9 heteroatoms. The van der Waals surface area contributed by atoms with Crippen molar-refractivity contribution in [2.45, 2.75) is 23.8 Å². The molecule has 0 amide bonds. The molecule has 1 atom stereocenters. The van der Waals surface area contributed by atoms with Gasteiger partial charge in [-0.2, -0.15) is 0 Å². The van der Waals surface area contributed by atoms with Crippen LogP contribution in [-0.2, 0) is 19.5 Å². The molecule has 116 valence electrons. The number of ether oxygens (including phenoxy) is 2. The first-order chi connectivity index (χ1) is 9.79. The van der Waals surface area contributed by atoms with Crippen LogP contribution in [0.5, 0.6) is 0 Å². The molecular weight excluding hydrogens is 369 g/mol. The van der Waals surface area contributed by atoms with Crippen molar-refractivity contribution in [3.8, 4) is 0 Å². The molecule has 0 aromatic heterocycles. The molecule has 2 rings (SSSR count). The molecule has 0 aliphatic carbocycles. The van der Waals surface area contributed by atoms with Gasteiger partial charge in [0.1, 0.15) is 12.4 Å². The van der Waals surface area contributed by atoms with Crippen LogP contribution in [0.4, 0.5) is 4.39 Å². The maximum atomic E-state index is 13.7. The fraction of sp³-hybridized carbons (Fsp3) is 0.417. The van der Waals surface area contributed by atoms with Crippen molar-refractivity contribution in [1.29, 1.82) is 0 Å². The zero-order valence-electron chi connectivity index (χ0n) is 10.8. The number of primary sulfonamides is 1. The molecule has 1 aromatic rings. The van der Waals surface area contributed by atoms with Gasteiger partial charge in [0, 0.05) is 6.61 Å². The minimum atomic E-state index is -4.16. The van der Waals surface area contributed by atoms with Crippen LogP contribution in [0.15, 0.2) is 21.5 Å². The van der Waals surface area contributed by atoms with Gasteiger partial charge in [0.05, 0.1) is 21.0 Å². The largest absolute Gasteiger partial charge is 0.459 e. The Labute approximate surface area is 129 Å². The highest BCUT2D eigenvalue weighted by atomic mass is 79.9. The van der Waals surface area contributed by atoms with Gasteiger partial charge in [0.15, 0.2) is 0 Å². The lowest BCUT2D eigenvalue weighted by molar-refractivity contribution is 0.0160. The van der Waals surface area contributed by atoms with Gasteiger partial charge in [-0.3, -0.25) is 0 Å². The minimum absolute atomic E-state index is 0.0429. The topological polar surface area (TPSA) is 95.7 Å². The Morgan fingerprint density at radius 2 is 2.24 bits per heavy atom. The highest BCUT2D eigenvalue weighted by Crippen LogP contribution is 2.26. The predicted octanol–water partition coefficient (Wildman–Crippen LogP) is 1.57. The Balaban J connectivity index is 2.19. The van der Waals surface area contributed by atoms with Gasteiger partial charge in [-0.1, -0.05) is 0 Å². The van der Waals surface area contributed by atoms with Crippen LogP contribution in [0.25, 0.3) is 0 Å². The van der Waals surface area contributed by atoms with Crippen molar-refractivity contribution in [3.63, 3.8) is 0 Å². The maximum Gasteiger partial charge on any atom is 0.338 e. The van der Waals surface area contributed by atoms with E-state index in [0.29, 0.717) is 6.61 Å². The molecule has 0 saturated carbocycles. The van der Waals surface area contributed by atoms with E-state index in [2.05, 4.69) is 15.9 Å². The van der Waals surface area contributed by atoms with Crippen LogP contribution >= 0.6 is 15.9 Å². The number of carbonyl (C=O) groups excluding carboxylic acids is 1. The third kappa shape index (κ3) is 4.00. The first-order valence-corrected chi connectivity index (χ1v) is 8.43. The van der Waals surface area contributed by atoms with Gasteiger partial charge in [-0.05, 0) is 40.9 Å². The van der Waals surface area contributed by atoms with Crippen molar-refractivity contribution < 1.29 is 27.1 Å². The molecule has 1 fully saturated rings. The van der Waals surface area contributed by atoms with Crippen LogP contribution in [-0.4, -0.2) is 33.7 Å². The lowest BCUT2D eigenvalue weighted by atomic mass is 10.2. The Morgan fingerprint density at radius 1 is 1.52 bits per heavy atom. The van der Waals surface area contributed by atoms with Crippen molar-refractivity contribution in [1.82, 2.24) is 0 Å². The van der Waals surface area contributed by atoms with Gasteiger partial charge < -0.3 is 9.47 Å². The molecule has 0 bridgehead atoms. The Hall–Kier alpha value is -1.03. The van der Waals surface area contributed by atoms with Gasteiger partial charge in [0.2, 0.25) is 10.0 Å². The van der Waals surface area contributed by atoms with E-state index in [-0.39, 0.29) is 22.7 Å². The lowest BCUT2D eigenvalue weighted by Gasteiger charge is -2.11. The van der Waals surface area contributed by atoms with Crippen LogP contribution in [0.1, 0.15) is 23.2 Å². The molecule has 1 aliphatic rings. The molecular formula is C12H13BrFNO5S. The molecule has 1 heterocycles. The average molecular weight is 382 g/mol. The summed E-state index contributed by atoms with van der Waals surface area (Å²) in [5.41, 5.74) is -0.224. The van der Waals surface area contributed by atoms with Crippen LogP contribution < -0.4 is 5.14 Å². The number of nitrogens with two attached hydrogens (primary N) is 1. The van der Waals surface area contributed by atoms with Crippen molar-refractivity contribution >= 4 is 31.9 Å². The summed E-state index contributed by atoms with van der Waals surface area (Å²) >= 11 is 2.79. The second kappa shape index (κ2) is 6.39. The number of hydrogen-bond acceptors (Lipinski definition) is 5. The van der Waals surface area contributed by atoms with Crippen molar-refractivity contribution in [3.05, 3.63) is 28.0 Å². The Kier molecular flexibility index (Phi) is 4.97. The summed E-state index contributed by atoms with van der Waals surface area (Å²) in [7, 11) is -4.16. The number of halogens is 2. The number of benzene rings is 1. The third-order valence-corrected chi connectivity index (χ3v) is 4.96. The summed E-state index contributed by atoms with van der Waals surface area (Å²) in [5.74, 6) is -1.74. The fourth-order valence-electron chi connectivity index (χ4n) is 1.92. The van der Waals surface area contributed by atoms with E-state index in [4.69, 9.17) is 14.6 Å². The van der Waals surface area contributed by atoms with E-state index in [9.17, 15) is 17.6 Å². The molecule has 1 saturated heterocycles. The normalized spacial score (nSPS) is 18.7. The first-order valence-electron chi connectivity index (χ1n) is 6.09. The number of rotatable bonds is 4. The standard InChI is InChI=1S/C12H13BrFNO5S/c13-11-9(14)4-7(5-10(11)21(15,17)18)12(16)20-6-8-2-1-3-19-8/h4-5,8H,1-3,6H2,(H2,15,17,18). The molecule has 1 aromatic carbocycles. The van der Waals surface area contributed by atoms with Crippen molar-refractivity contribution in [2.24, 2.45) is 5.14 Å². The quantitative estimate of drug-likeness (QED) is 0.798. The Bertz CT molecular complexity index is 658. The molecule has 6 nitrogen and oxygen atoms in total. The summed E-state index contributed by atoms with van der Waals surface area (Å²) in [5, 5.41) is 4.97. The SMILES string of the molecule is NS(=O)(=O)c1cc(C(=O)OCC2CCCO2)cc(F)c1Br. The van der Waals surface area contributed by atoms with E-state index in [0.717, 1.165) is 25.0 Å². The zero-order valence-corrected chi connectivity index (χ0v) is 13.2. The molecule has 0 radical (unpaired) electrons. The second-order valence-electron chi connectivity index (χ2n) is 4.55. The highest BCUT2D eigenvalue weighted by molar-refractivity contribution is 9.10.